The fraction of sp³-hybridized carbons (Fsp3) is 0.150. The fourth-order valence-corrected chi connectivity index (χ4v) is 3.89. The first-order valence-electron chi connectivity index (χ1n) is 8.14. The summed E-state index contributed by atoms with van der Waals surface area (Å²) in [4.78, 5) is 24.5. The van der Waals surface area contributed by atoms with Gasteiger partial charge >= 0.3 is 0 Å². The minimum absolute atomic E-state index is 0.00892. The Morgan fingerprint density at radius 2 is 1.60 bits per heavy atom. The SMILES string of the molecule is Cc1cc(SC(C)c2nc3ccccc3c(=O)[nH]2)nc2ccccc12. The summed E-state index contributed by atoms with van der Waals surface area (Å²) in [6.45, 7) is 4.12. The van der Waals surface area contributed by atoms with Gasteiger partial charge in [-0.25, -0.2) is 9.97 Å². The molecule has 2 heterocycles. The van der Waals surface area contributed by atoms with Crippen LogP contribution in [0.4, 0.5) is 0 Å². The number of para-hydroxylation sites is 2. The average Bonchev–Trinajstić information content (AvgIpc) is 2.62. The fourth-order valence-electron chi connectivity index (χ4n) is 2.91. The van der Waals surface area contributed by atoms with Gasteiger partial charge in [-0.3, -0.25) is 4.79 Å². The van der Waals surface area contributed by atoms with Crippen molar-refractivity contribution in [1.82, 2.24) is 15.0 Å². The molecule has 124 valence electrons. The highest BCUT2D eigenvalue weighted by molar-refractivity contribution is 7.99. The van der Waals surface area contributed by atoms with Crippen molar-refractivity contribution in [3.63, 3.8) is 0 Å². The van der Waals surface area contributed by atoms with Gasteiger partial charge in [0.2, 0.25) is 0 Å². The molecule has 2 aromatic carbocycles. The molecule has 0 radical (unpaired) electrons. The third kappa shape index (κ3) is 3.03. The average molecular weight is 347 g/mol. The van der Waals surface area contributed by atoms with Crippen LogP contribution in [-0.2, 0) is 0 Å². The number of fused-ring (bicyclic) bond motifs is 2. The maximum Gasteiger partial charge on any atom is 0.258 e. The van der Waals surface area contributed by atoms with Crippen molar-refractivity contribution >= 4 is 33.6 Å². The first kappa shape index (κ1) is 15.8. The lowest BCUT2D eigenvalue weighted by atomic mass is 10.1. The molecule has 0 saturated carbocycles. The quantitative estimate of drug-likeness (QED) is 0.549. The Bertz CT molecular complexity index is 1140. The molecule has 1 N–H and O–H groups in total. The molecule has 0 saturated heterocycles. The molecule has 0 amide bonds. The van der Waals surface area contributed by atoms with Gasteiger partial charge in [-0.2, -0.15) is 0 Å². The number of nitrogens with one attached hydrogen (secondary N) is 1. The van der Waals surface area contributed by atoms with Crippen LogP contribution < -0.4 is 5.56 Å². The molecule has 2 aromatic heterocycles. The monoisotopic (exact) mass is 347 g/mol. The van der Waals surface area contributed by atoms with E-state index in [1.165, 1.54) is 5.56 Å². The summed E-state index contributed by atoms with van der Waals surface area (Å²) >= 11 is 1.60. The van der Waals surface area contributed by atoms with Gasteiger partial charge in [0, 0.05) is 5.39 Å². The number of benzene rings is 2. The van der Waals surface area contributed by atoms with Gasteiger partial charge in [0.15, 0.2) is 0 Å². The molecule has 0 aliphatic rings. The van der Waals surface area contributed by atoms with Crippen LogP contribution in [0, 0.1) is 6.92 Å². The zero-order valence-corrected chi connectivity index (χ0v) is 14.8. The zero-order valence-electron chi connectivity index (χ0n) is 14.0. The number of hydrogen-bond acceptors (Lipinski definition) is 4. The second kappa shape index (κ2) is 6.33. The Morgan fingerprint density at radius 3 is 2.36 bits per heavy atom. The van der Waals surface area contributed by atoms with Gasteiger partial charge in [-0.1, -0.05) is 42.1 Å². The second-order valence-electron chi connectivity index (χ2n) is 6.02. The third-order valence-electron chi connectivity index (χ3n) is 4.21. The van der Waals surface area contributed by atoms with Crippen molar-refractivity contribution in [3.8, 4) is 0 Å². The Morgan fingerprint density at radius 1 is 0.960 bits per heavy atom. The highest BCUT2D eigenvalue weighted by Gasteiger charge is 2.14. The number of rotatable bonds is 3. The molecule has 0 aliphatic carbocycles. The van der Waals surface area contributed by atoms with Crippen LogP contribution in [-0.4, -0.2) is 15.0 Å². The third-order valence-corrected chi connectivity index (χ3v) is 5.24. The second-order valence-corrected chi connectivity index (χ2v) is 7.38. The number of aromatic nitrogens is 3. The molecule has 0 fully saturated rings. The van der Waals surface area contributed by atoms with E-state index in [1.54, 1.807) is 17.8 Å². The van der Waals surface area contributed by atoms with Gasteiger partial charge in [0.1, 0.15) is 5.82 Å². The number of aromatic amines is 1. The predicted octanol–water partition coefficient (Wildman–Crippen LogP) is 4.63. The lowest BCUT2D eigenvalue weighted by Crippen LogP contribution is -2.12. The minimum atomic E-state index is -0.101. The zero-order chi connectivity index (χ0) is 17.4. The summed E-state index contributed by atoms with van der Waals surface area (Å²) in [5.41, 5.74) is 2.80. The van der Waals surface area contributed by atoms with E-state index in [2.05, 4.69) is 29.0 Å². The van der Waals surface area contributed by atoms with Crippen LogP contribution in [0.2, 0.25) is 0 Å². The van der Waals surface area contributed by atoms with E-state index >= 15 is 0 Å². The number of hydrogen-bond donors (Lipinski definition) is 1. The molecule has 1 atom stereocenters. The summed E-state index contributed by atoms with van der Waals surface area (Å²) in [5, 5.41) is 2.70. The van der Waals surface area contributed by atoms with Crippen LogP contribution in [0.5, 0.6) is 0 Å². The molecular formula is C20H17N3OS. The minimum Gasteiger partial charge on any atom is -0.309 e. The molecule has 1 unspecified atom stereocenters. The number of nitrogens with zero attached hydrogens (tertiary/aromatic N) is 2. The summed E-state index contributed by atoms with van der Waals surface area (Å²) < 4.78 is 0. The Kier molecular flexibility index (Phi) is 4.01. The Balaban J connectivity index is 1.70. The molecule has 4 nitrogen and oxygen atoms in total. The summed E-state index contributed by atoms with van der Waals surface area (Å²) in [7, 11) is 0. The van der Waals surface area contributed by atoms with Crippen LogP contribution >= 0.6 is 11.8 Å². The van der Waals surface area contributed by atoms with Gasteiger partial charge in [-0.15, -0.1) is 0 Å². The van der Waals surface area contributed by atoms with Gasteiger partial charge in [0.05, 0.1) is 26.7 Å². The topological polar surface area (TPSA) is 58.6 Å². The molecule has 4 aromatic rings. The van der Waals surface area contributed by atoms with E-state index in [4.69, 9.17) is 4.98 Å². The van der Waals surface area contributed by atoms with Crippen molar-refractivity contribution in [3.05, 3.63) is 76.3 Å². The maximum absolute atomic E-state index is 12.3. The van der Waals surface area contributed by atoms with E-state index in [-0.39, 0.29) is 10.8 Å². The van der Waals surface area contributed by atoms with Crippen molar-refractivity contribution in [2.75, 3.05) is 0 Å². The Labute approximate surface area is 149 Å². The van der Waals surface area contributed by atoms with Crippen molar-refractivity contribution in [2.24, 2.45) is 0 Å². The first-order chi connectivity index (χ1) is 12.1. The summed E-state index contributed by atoms with van der Waals surface area (Å²) in [6, 6.07) is 17.6. The number of pyridine rings is 1. The summed E-state index contributed by atoms with van der Waals surface area (Å²) in [5.74, 6) is 0.668. The molecule has 0 spiro atoms. The van der Waals surface area contributed by atoms with E-state index in [0.717, 1.165) is 21.4 Å². The molecule has 0 aliphatic heterocycles. The van der Waals surface area contributed by atoms with E-state index in [1.807, 2.05) is 43.3 Å². The number of thioether (sulfide) groups is 1. The molecule has 25 heavy (non-hydrogen) atoms. The smallest absolute Gasteiger partial charge is 0.258 e. The number of aryl methyl sites for hydroxylation is 1. The maximum atomic E-state index is 12.3. The number of H-pyrrole nitrogens is 1. The molecular weight excluding hydrogens is 330 g/mol. The Hall–Kier alpha value is -2.66. The van der Waals surface area contributed by atoms with Crippen molar-refractivity contribution in [2.45, 2.75) is 24.1 Å². The highest BCUT2D eigenvalue weighted by atomic mass is 32.2. The van der Waals surface area contributed by atoms with E-state index in [0.29, 0.717) is 11.2 Å². The van der Waals surface area contributed by atoms with Crippen LogP contribution in [0.3, 0.4) is 0 Å². The normalized spacial score (nSPS) is 12.6. The van der Waals surface area contributed by atoms with E-state index in [9.17, 15) is 4.79 Å². The van der Waals surface area contributed by atoms with Crippen LogP contribution in [0.15, 0.2) is 64.4 Å². The lowest BCUT2D eigenvalue weighted by molar-refractivity contribution is 0.919. The van der Waals surface area contributed by atoms with Gasteiger partial charge < -0.3 is 4.98 Å². The van der Waals surface area contributed by atoms with E-state index < -0.39 is 0 Å². The van der Waals surface area contributed by atoms with Crippen LogP contribution in [0.25, 0.3) is 21.8 Å². The van der Waals surface area contributed by atoms with Crippen molar-refractivity contribution < 1.29 is 0 Å². The first-order valence-corrected chi connectivity index (χ1v) is 9.02. The van der Waals surface area contributed by atoms with Gasteiger partial charge in [0.25, 0.3) is 5.56 Å². The summed E-state index contributed by atoms with van der Waals surface area (Å²) in [6.07, 6.45) is 0. The standard InChI is InChI=1S/C20H17N3OS/c1-12-11-18(21-16-9-5-3-7-14(12)16)25-13(2)19-22-17-10-6-4-8-15(17)20(24)23-19/h3-11,13H,1-2H3,(H,22,23,24). The lowest BCUT2D eigenvalue weighted by Gasteiger charge is -2.12. The predicted molar refractivity (Wildman–Crippen MR) is 103 cm³/mol. The largest absolute Gasteiger partial charge is 0.309 e. The molecule has 4 rings (SSSR count). The van der Waals surface area contributed by atoms with Gasteiger partial charge in [-0.05, 0) is 43.7 Å². The van der Waals surface area contributed by atoms with Crippen molar-refractivity contribution in [1.29, 1.82) is 0 Å². The molecule has 0 bridgehead atoms. The van der Waals surface area contributed by atoms with Crippen LogP contribution in [0.1, 0.15) is 23.6 Å². The highest BCUT2D eigenvalue weighted by Crippen LogP contribution is 2.33. The molecule has 5 heteroatoms.